The van der Waals surface area contributed by atoms with Gasteiger partial charge in [0.15, 0.2) is 5.75 Å². The highest BCUT2D eigenvalue weighted by atomic mass is 32.1. The van der Waals surface area contributed by atoms with Gasteiger partial charge in [-0.25, -0.2) is 4.98 Å². The largest absolute Gasteiger partial charge is 0.429 e. The van der Waals surface area contributed by atoms with Crippen LogP contribution in [-0.2, 0) is 4.79 Å². The lowest BCUT2D eigenvalue weighted by atomic mass is 10.2. The van der Waals surface area contributed by atoms with Crippen molar-refractivity contribution >= 4 is 33.1 Å². The first-order valence-electron chi connectivity index (χ1n) is 6.52. The van der Waals surface area contributed by atoms with Gasteiger partial charge < -0.3 is 9.64 Å². The number of amides is 1. The van der Waals surface area contributed by atoms with Crippen molar-refractivity contribution in [3.8, 4) is 10.9 Å². The van der Waals surface area contributed by atoms with E-state index in [1.54, 1.807) is 11.9 Å². The number of hydrogen-bond acceptors (Lipinski definition) is 4. The topological polar surface area (TPSA) is 42.4 Å². The molecule has 0 atom stereocenters. The van der Waals surface area contributed by atoms with E-state index in [1.807, 2.05) is 48.5 Å². The molecule has 1 amide bonds. The average molecular weight is 298 g/mol. The summed E-state index contributed by atoms with van der Waals surface area (Å²) in [4.78, 5) is 17.6. The third kappa shape index (κ3) is 2.73. The molecule has 2 aromatic carbocycles. The SMILES string of the molecule is CC(=O)N(C)c1ccccc1Oc1nc2ccccc2s1. The predicted octanol–water partition coefficient (Wildman–Crippen LogP) is 4.07. The molecule has 0 radical (unpaired) electrons. The van der Waals surface area contributed by atoms with Gasteiger partial charge in [-0.05, 0) is 24.3 Å². The maximum atomic E-state index is 11.5. The Balaban J connectivity index is 1.96. The minimum absolute atomic E-state index is 0.0460. The summed E-state index contributed by atoms with van der Waals surface area (Å²) in [5.41, 5.74) is 1.64. The Hall–Kier alpha value is -2.40. The molecule has 0 aliphatic heterocycles. The fourth-order valence-electron chi connectivity index (χ4n) is 1.98. The summed E-state index contributed by atoms with van der Waals surface area (Å²) in [6.07, 6.45) is 0. The van der Waals surface area contributed by atoms with Gasteiger partial charge in [-0.2, -0.15) is 0 Å². The van der Waals surface area contributed by atoms with Gasteiger partial charge in [-0.15, -0.1) is 0 Å². The summed E-state index contributed by atoms with van der Waals surface area (Å²) in [6, 6.07) is 15.3. The van der Waals surface area contributed by atoms with Crippen LogP contribution in [0.3, 0.4) is 0 Å². The van der Waals surface area contributed by atoms with Crippen LogP contribution in [0.15, 0.2) is 48.5 Å². The molecule has 5 heteroatoms. The highest BCUT2D eigenvalue weighted by Crippen LogP contribution is 2.35. The van der Waals surface area contributed by atoms with E-state index in [2.05, 4.69) is 4.98 Å². The van der Waals surface area contributed by atoms with Crippen LogP contribution in [0.25, 0.3) is 10.2 Å². The van der Waals surface area contributed by atoms with Gasteiger partial charge in [0.25, 0.3) is 5.19 Å². The molecule has 4 nitrogen and oxygen atoms in total. The number of hydrogen-bond donors (Lipinski definition) is 0. The molecule has 3 aromatic rings. The lowest BCUT2D eigenvalue weighted by Crippen LogP contribution is -2.23. The van der Waals surface area contributed by atoms with E-state index >= 15 is 0 Å². The van der Waals surface area contributed by atoms with Crippen LogP contribution in [0.1, 0.15) is 6.92 Å². The zero-order valence-corrected chi connectivity index (χ0v) is 12.6. The van der Waals surface area contributed by atoms with Gasteiger partial charge in [0, 0.05) is 14.0 Å². The Kier molecular flexibility index (Phi) is 3.58. The van der Waals surface area contributed by atoms with Gasteiger partial charge in [-0.1, -0.05) is 35.6 Å². The van der Waals surface area contributed by atoms with Crippen molar-refractivity contribution in [3.63, 3.8) is 0 Å². The van der Waals surface area contributed by atoms with Gasteiger partial charge in [0.05, 0.1) is 15.9 Å². The Morgan fingerprint density at radius 3 is 2.62 bits per heavy atom. The van der Waals surface area contributed by atoms with E-state index in [0.29, 0.717) is 10.9 Å². The molecule has 0 spiro atoms. The standard InChI is InChI=1S/C16H14N2O2S/c1-11(19)18(2)13-8-4-5-9-14(13)20-16-17-12-7-3-6-10-15(12)21-16/h3-10H,1-2H3. The molecule has 0 aliphatic carbocycles. The maximum absolute atomic E-state index is 11.5. The van der Waals surface area contributed by atoms with E-state index < -0.39 is 0 Å². The summed E-state index contributed by atoms with van der Waals surface area (Å²) >= 11 is 1.48. The highest BCUT2D eigenvalue weighted by Gasteiger charge is 2.13. The number of anilines is 1. The summed E-state index contributed by atoms with van der Waals surface area (Å²) in [7, 11) is 1.73. The fraction of sp³-hybridized carbons (Fsp3) is 0.125. The van der Waals surface area contributed by atoms with Crippen molar-refractivity contribution in [3.05, 3.63) is 48.5 Å². The van der Waals surface area contributed by atoms with E-state index in [4.69, 9.17) is 4.74 Å². The van der Waals surface area contributed by atoms with Crippen LogP contribution in [0, 0.1) is 0 Å². The smallest absolute Gasteiger partial charge is 0.279 e. The second kappa shape index (κ2) is 5.54. The lowest BCUT2D eigenvalue weighted by molar-refractivity contribution is -0.116. The molecule has 106 valence electrons. The zero-order valence-electron chi connectivity index (χ0n) is 11.7. The number of aromatic nitrogens is 1. The first-order valence-corrected chi connectivity index (χ1v) is 7.33. The van der Waals surface area contributed by atoms with Crippen LogP contribution >= 0.6 is 11.3 Å². The lowest BCUT2D eigenvalue weighted by Gasteiger charge is -2.18. The molecule has 0 aliphatic rings. The number of thiazole rings is 1. The molecular weight excluding hydrogens is 284 g/mol. The van der Waals surface area contributed by atoms with Crippen LogP contribution < -0.4 is 9.64 Å². The van der Waals surface area contributed by atoms with Crippen molar-refractivity contribution in [2.24, 2.45) is 0 Å². The minimum Gasteiger partial charge on any atom is -0.429 e. The Morgan fingerprint density at radius 2 is 1.86 bits per heavy atom. The summed E-state index contributed by atoms with van der Waals surface area (Å²) < 4.78 is 6.95. The van der Waals surface area contributed by atoms with Crippen LogP contribution in [0.2, 0.25) is 0 Å². The molecule has 0 saturated heterocycles. The number of para-hydroxylation sites is 3. The quantitative estimate of drug-likeness (QED) is 0.732. The van der Waals surface area contributed by atoms with Gasteiger partial charge in [0.1, 0.15) is 0 Å². The molecule has 0 saturated carbocycles. The van der Waals surface area contributed by atoms with Crippen molar-refractivity contribution < 1.29 is 9.53 Å². The molecule has 1 aromatic heterocycles. The number of carbonyl (C=O) groups excluding carboxylic acids is 1. The molecule has 3 rings (SSSR count). The van der Waals surface area contributed by atoms with Crippen LogP contribution in [0.4, 0.5) is 5.69 Å². The number of benzene rings is 2. The monoisotopic (exact) mass is 298 g/mol. The summed E-state index contributed by atoms with van der Waals surface area (Å²) in [5, 5.41) is 0.570. The molecular formula is C16H14N2O2S. The summed E-state index contributed by atoms with van der Waals surface area (Å²) in [6.45, 7) is 1.52. The van der Waals surface area contributed by atoms with Crippen LogP contribution in [0.5, 0.6) is 10.9 Å². The van der Waals surface area contributed by atoms with E-state index in [1.165, 1.54) is 18.3 Å². The fourth-order valence-corrected chi connectivity index (χ4v) is 2.81. The first kappa shape index (κ1) is 13.6. The second-order valence-corrected chi connectivity index (χ2v) is 5.59. The second-order valence-electron chi connectivity index (χ2n) is 4.60. The van der Waals surface area contributed by atoms with Crippen LogP contribution in [-0.4, -0.2) is 17.9 Å². The van der Waals surface area contributed by atoms with Crippen molar-refractivity contribution in [1.29, 1.82) is 0 Å². The van der Waals surface area contributed by atoms with Gasteiger partial charge in [0.2, 0.25) is 5.91 Å². The molecule has 21 heavy (non-hydrogen) atoms. The normalized spacial score (nSPS) is 10.6. The van der Waals surface area contributed by atoms with Gasteiger partial charge >= 0.3 is 0 Å². The molecule has 1 heterocycles. The molecule has 0 bridgehead atoms. The number of nitrogens with zero attached hydrogens (tertiary/aromatic N) is 2. The Morgan fingerprint density at radius 1 is 1.14 bits per heavy atom. The van der Waals surface area contributed by atoms with Crippen molar-refractivity contribution in [1.82, 2.24) is 4.98 Å². The van der Waals surface area contributed by atoms with E-state index in [9.17, 15) is 4.79 Å². The zero-order chi connectivity index (χ0) is 14.8. The Labute approximate surface area is 126 Å². The third-order valence-corrected chi connectivity index (χ3v) is 4.08. The minimum atomic E-state index is -0.0460. The predicted molar refractivity (Wildman–Crippen MR) is 85.2 cm³/mol. The first-order chi connectivity index (χ1) is 10.1. The number of fused-ring (bicyclic) bond motifs is 1. The molecule has 0 N–H and O–H groups in total. The number of rotatable bonds is 3. The average Bonchev–Trinajstić information content (AvgIpc) is 2.89. The Bertz CT molecular complexity index is 765. The van der Waals surface area contributed by atoms with Crippen molar-refractivity contribution in [2.45, 2.75) is 6.92 Å². The number of ether oxygens (including phenoxy) is 1. The summed E-state index contributed by atoms with van der Waals surface area (Å²) in [5.74, 6) is 0.574. The van der Waals surface area contributed by atoms with Crippen molar-refractivity contribution in [2.75, 3.05) is 11.9 Å². The number of carbonyl (C=O) groups is 1. The maximum Gasteiger partial charge on any atom is 0.279 e. The van der Waals surface area contributed by atoms with E-state index in [-0.39, 0.29) is 5.91 Å². The molecule has 0 fully saturated rings. The third-order valence-electron chi connectivity index (χ3n) is 3.17. The highest BCUT2D eigenvalue weighted by molar-refractivity contribution is 7.20. The van der Waals surface area contributed by atoms with E-state index in [0.717, 1.165) is 15.9 Å². The molecule has 0 unspecified atom stereocenters. The van der Waals surface area contributed by atoms with Gasteiger partial charge in [-0.3, -0.25) is 4.79 Å².